The van der Waals surface area contributed by atoms with Crippen molar-refractivity contribution in [3.8, 4) is 0 Å². The van der Waals surface area contributed by atoms with Crippen LogP contribution >= 0.6 is 101 Å². The zero-order valence-corrected chi connectivity index (χ0v) is 18.2. The lowest BCUT2D eigenvalue weighted by atomic mass is 9.93. The normalized spacial score (nSPS) is 26.3. The first-order chi connectivity index (χ1) is 10.00. The van der Waals surface area contributed by atoms with E-state index in [-0.39, 0.29) is 27.2 Å². The fourth-order valence-corrected chi connectivity index (χ4v) is 4.42. The Morgan fingerprint density at radius 2 is 1.41 bits per heavy atom. The SMILES string of the molecule is ClC(Cl)(Cl)c1nc(C2C(Br)C=CCC2Br)nc(C(Cl)(Cl)Cl)n1. The Kier molecular flexibility index (Phi) is 6.62. The van der Waals surface area contributed by atoms with Crippen LogP contribution in [0.5, 0.6) is 0 Å². The fourth-order valence-electron chi connectivity index (χ4n) is 1.90. The van der Waals surface area contributed by atoms with Crippen LogP contribution in [0.3, 0.4) is 0 Å². The van der Waals surface area contributed by atoms with Crippen LogP contribution in [0.25, 0.3) is 0 Å². The van der Waals surface area contributed by atoms with Crippen molar-refractivity contribution >= 4 is 101 Å². The molecule has 0 saturated heterocycles. The molecule has 122 valence electrons. The molecule has 0 aliphatic heterocycles. The van der Waals surface area contributed by atoms with E-state index in [0.29, 0.717) is 5.82 Å². The molecule has 1 aliphatic rings. The molecule has 3 unspecified atom stereocenters. The fraction of sp³-hybridized carbons (Fsp3) is 0.545. The first kappa shape index (κ1) is 19.8. The van der Waals surface area contributed by atoms with Gasteiger partial charge in [0.2, 0.25) is 7.59 Å². The van der Waals surface area contributed by atoms with Gasteiger partial charge in [0, 0.05) is 15.6 Å². The van der Waals surface area contributed by atoms with Gasteiger partial charge in [-0.05, 0) is 6.42 Å². The third-order valence-corrected chi connectivity index (χ3v) is 5.70. The highest BCUT2D eigenvalue weighted by Crippen LogP contribution is 2.42. The van der Waals surface area contributed by atoms with E-state index >= 15 is 0 Å². The molecular weight excluding hydrogens is 547 g/mol. The molecule has 0 bridgehead atoms. The van der Waals surface area contributed by atoms with Gasteiger partial charge in [0.1, 0.15) is 5.82 Å². The summed E-state index contributed by atoms with van der Waals surface area (Å²) in [6, 6.07) is 0. The quantitative estimate of drug-likeness (QED) is 0.312. The molecular formula is C11H7Br2Cl6N3. The molecule has 0 amide bonds. The molecule has 3 nitrogen and oxygen atoms in total. The molecule has 1 heterocycles. The smallest absolute Gasteiger partial charge is 0.213 e. The highest BCUT2D eigenvalue weighted by molar-refractivity contribution is 9.10. The van der Waals surface area contributed by atoms with Gasteiger partial charge in [-0.25, -0.2) is 15.0 Å². The molecule has 0 aromatic carbocycles. The number of hydrogen-bond donors (Lipinski definition) is 0. The second-order valence-electron chi connectivity index (χ2n) is 4.49. The third-order valence-electron chi connectivity index (χ3n) is 2.87. The van der Waals surface area contributed by atoms with Crippen molar-refractivity contribution in [3.05, 3.63) is 29.6 Å². The molecule has 1 aromatic rings. The Bertz CT molecular complexity index is 554. The van der Waals surface area contributed by atoms with Gasteiger partial charge in [0.15, 0.2) is 11.6 Å². The van der Waals surface area contributed by atoms with Gasteiger partial charge < -0.3 is 0 Å². The maximum absolute atomic E-state index is 5.88. The van der Waals surface area contributed by atoms with Crippen LogP contribution in [0.15, 0.2) is 12.2 Å². The first-order valence-electron chi connectivity index (χ1n) is 5.85. The first-order valence-corrected chi connectivity index (χ1v) is 9.95. The van der Waals surface area contributed by atoms with Crippen molar-refractivity contribution < 1.29 is 0 Å². The van der Waals surface area contributed by atoms with Gasteiger partial charge in [-0.1, -0.05) is 114 Å². The monoisotopic (exact) mass is 549 g/mol. The lowest BCUT2D eigenvalue weighted by Crippen LogP contribution is -2.28. The number of allylic oxidation sites excluding steroid dienone is 2. The second kappa shape index (κ2) is 7.36. The van der Waals surface area contributed by atoms with Gasteiger partial charge >= 0.3 is 0 Å². The Hall–Kier alpha value is 1.45. The van der Waals surface area contributed by atoms with Gasteiger partial charge in [-0.15, -0.1) is 0 Å². The average Bonchev–Trinajstić information content (AvgIpc) is 2.36. The average molecular weight is 554 g/mol. The summed E-state index contributed by atoms with van der Waals surface area (Å²) in [4.78, 5) is 12.5. The molecule has 0 spiro atoms. The maximum Gasteiger partial charge on any atom is 0.250 e. The van der Waals surface area contributed by atoms with Crippen molar-refractivity contribution in [1.82, 2.24) is 15.0 Å². The van der Waals surface area contributed by atoms with Crippen LogP contribution < -0.4 is 0 Å². The van der Waals surface area contributed by atoms with Gasteiger partial charge in [0.25, 0.3) is 0 Å². The van der Waals surface area contributed by atoms with Gasteiger partial charge in [-0.2, -0.15) is 0 Å². The Morgan fingerprint density at radius 1 is 0.909 bits per heavy atom. The Balaban J connectivity index is 2.58. The maximum atomic E-state index is 5.88. The molecule has 3 atom stereocenters. The number of rotatable bonds is 1. The predicted octanol–water partition coefficient (Wildman–Crippen LogP) is 6.10. The zero-order chi connectivity index (χ0) is 16.7. The molecule has 11 heteroatoms. The topological polar surface area (TPSA) is 38.7 Å². The minimum absolute atomic E-state index is 0.0144. The lowest BCUT2D eigenvalue weighted by molar-refractivity contribution is 0.601. The number of nitrogens with zero attached hydrogens (tertiary/aromatic N) is 3. The molecule has 1 aliphatic carbocycles. The minimum atomic E-state index is -1.85. The molecule has 0 radical (unpaired) electrons. The van der Waals surface area contributed by atoms with Crippen molar-refractivity contribution in [2.75, 3.05) is 0 Å². The Morgan fingerprint density at radius 3 is 1.82 bits per heavy atom. The van der Waals surface area contributed by atoms with E-state index in [1.807, 2.05) is 12.2 Å². The van der Waals surface area contributed by atoms with E-state index in [2.05, 4.69) is 46.8 Å². The predicted molar refractivity (Wildman–Crippen MR) is 100 cm³/mol. The third kappa shape index (κ3) is 4.75. The van der Waals surface area contributed by atoms with Crippen molar-refractivity contribution in [2.45, 2.75) is 29.6 Å². The number of alkyl halides is 8. The van der Waals surface area contributed by atoms with E-state index in [4.69, 9.17) is 69.6 Å². The van der Waals surface area contributed by atoms with E-state index in [1.54, 1.807) is 0 Å². The van der Waals surface area contributed by atoms with Crippen LogP contribution in [0, 0.1) is 0 Å². The van der Waals surface area contributed by atoms with E-state index in [0.717, 1.165) is 6.42 Å². The van der Waals surface area contributed by atoms with Crippen molar-refractivity contribution in [3.63, 3.8) is 0 Å². The molecule has 0 N–H and O–H groups in total. The summed E-state index contributed by atoms with van der Waals surface area (Å²) in [5, 5.41) is 0. The summed E-state index contributed by atoms with van der Waals surface area (Å²) < 4.78 is -3.70. The van der Waals surface area contributed by atoms with E-state index in [9.17, 15) is 0 Å². The zero-order valence-electron chi connectivity index (χ0n) is 10.5. The van der Waals surface area contributed by atoms with Crippen LogP contribution in [-0.4, -0.2) is 24.6 Å². The summed E-state index contributed by atoms with van der Waals surface area (Å²) in [5.74, 6) is 0.0755. The number of halogens is 8. The van der Waals surface area contributed by atoms with E-state index < -0.39 is 7.59 Å². The number of hydrogen-bond acceptors (Lipinski definition) is 3. The summed E-state index contributed by atoms with van der Waals surface area (Å²) in [7, 11) is 0. The summed E-state index contributed by atoms with van der Waals surface area (Å²) >= 11 is 42.4. The molecule has 1 aromatic heterocycles. The highest BCUT2D eigenvalue weighted by atomic mass is 79.9. The standard InChI is InChI=1S/C11H7Br2Cl6N3/c12-4-2-1-3-5(13)6(4)7-20-8(10(14,15)16)22-9(21-7)11(17,18)19/h1-2,4-6H,3H2. The van der Waals surface area contributed by atoms with E-state index in [1.165, 1.54) is 0 Å². The lowest BCUT2D eigenvalue weighted by Gasteiger charge is -2.28. The largest absolute Gasteiger partial charge is 0.250 e. The molecule has 2 rings (SSSR count). The summed E-state index contributed by atoms with van der Waals surface area (Å²) in [5.41, 5.74) is 0. The Labute approximate surface area is 174 Å². The number of aromatic nitrogens is 3. The highest BCUT2D eigenvalue weighted by Gasteiger charge is 2.38. The van der Waals surface area contributed by atoms with Crippen molar-refractivity contribution in [2.24, 2.45) is 0 Å². The summed E-state index contributed by atoms with van der Waals surface area (Å²) in [6.07, 6.45) is 4.84. The molecule has 22 heavy (non-hydrogen) atoms. The van der Waals surface area contributed by atoms with Crippen LogP contribution in [-0.2, 0) is 7.59 Å². The van der Waals surface area contributed by atoms with Gasteiger partial charge in [0.05, 0.1) is 0 Å². The molecule has 0 fully saturated rings. The summed E-state index contributed by atoms with van der Waals surface area (Å²) in [6.45, 7) is 0. The minimum Gasteiger partial charge on any atom is -0.213 e. The van der Waals surface area contributed by atoms with Crippen LogP contribution in [0.1, 0.15) is 29.8 Å². The van der Waals surface area contributed by atoms with Gasteiger partial charge in [-0.3, -0.25) is 0 Å². The van der Waals surface area contributed by atoms with Crippen LogP contribution in [0.4, 0.5) is 0 Å². The second-order valence-corrected chi connectivity index (χ2v) is 11.3. The van der Waals surface area contributed by atoms with Crippen LogP contribution in [0.2, 0.25) is 0 Å². The molecule has 0 saturated carbocycles. The van der Waals surface area contributed by atoms with Crippen molar-refractivity contribution in [1.29, 1.82) is 0 Å².